The van der Waals surface area contributed by atoms with E-state index in [1.807, 2.05) is 0 Å². The zero-order valence-electron chi connectivity index (χ0n) is 17.0. The lowest BCUT2D eigenvalue weighted by Crippen LogP contribution is -2.71. The molecule has 18 heteroatoms. The van der Waals surface area contributed by atoms with Gasteiger partial charge < -0.3 is 21.0 Å². The molecule has 0 aliphatic carbocycles. The number of carbonyl (C=O) groups is 3. The molecule has 2 atom stereocenters. The van der Waals surface area contributed by atoms with E-state index in [0.717, 1.165) is 11.3 Å². The minimum atomic E-state index is -1.21. The van der Waals surface area contributed by atoms with Crippen LogP contribution in [0.3, 0.4) is 0 Å². The van der Waals surface area contributed by atoms with Gasteiger partial charge in [-0.05, 0) is 5.57 Å². The predicted molar refractivity (Wildman–Crippen MR) is 133 cm³/mol. The van der Waals surface area contributed by atoms with Gasteiger partial charge in [-0.2, -0.15) is 0 Å². The molecule has 0 aromatic carbocycles. The third-order valence-corrected chi connectivity index (χ3v) is 8.84. The van der Waals surface area contributed by atoms with Crippen molar-refractivity contribution < 1.29 is 24.3 Å². The number of anilines is 1. The van der Waals surface area contributed by atoms with E-state index in [9.17, 15) is 19.5 Å². The molecule has 0 saturated carbocycles. The Labute approximate surface area is 219 Å². The second-order valence-electron chi connectivity index (χ2n) is 6.41. The molecule has 0 spiro atoms. The molecule has 0 radical (unpaired) electrons. The predicted octanol–water partition coefficient (Wildman–Crippen LogP) is 1.53. The minimum absolute atomic E-state index is 0. The number of nitrogens with two attached hydrogens (primary N) is 1. The maximum absolute atomic E-state index is 12.9. The van der Waals surface area contributed by atoms with Crippen LogP contribution in [-0.4, -0.2) is 78.7 Å². The molecule has 2 aliphatic rings. The number of halogens is 2. The lowest BCUT2D eigenvalue weighted by Gasteiger charge is -2.49. The molecule has 0 bridgehead atoms. The van der Waals surface area contributed by atoms with Crippen LogP contribution in [0, 0.1) is 0 Å². The molecule has 12 nitrogen and oxygen atoms in total. The fourth-order valence-electron chi connectivity index (χ4n) is 3.13. The number of oxime groups is 1. The van der Waals surface area contributed by atoms with Crippen LogP contribution in [0.15, 0.2) is 26.3 Å². The largest absolute Gasteiger partial charge is 0.477 e. The molecule has 1 saturated heterocycles. The van der Waals surface area contributed by atoms with Crippen molar-refractivity contribution in [2.45, 2.75) is 15.8 Å². The average molecular weight is 585 g/mol. The number of nitrogens with zero attached hydrogens (tertiary/aromatic N) is 5. The van der Waals surface area contributed by atoms with Crippen molar-refractivity contribution >= 4 is 98.8 Å². The first-order valence-electron chi connectivity index (χ1n) is 8.95. The number of nitrogen functional groups attached to an aromatic ring is 1. The molecular weight excluding hydrogens is 569 g/mol. The van der Waals surface area contributed by atoms with Gasteiger partial charge in [0.25, 0.3) is 11.8 Å². The quantitative estimate of drug-likeness (QED) is 0.178. The summed E-state index contributed by atoms with van der Waals surface area (Å²) in [6, 6.07) is -0.953. The van der Waals surface area contributed by atoms with E-state index in [2.05, 4.69) is 25.7 Å². The number of carboxylic acids is 1. The Bertz CT molecular complexity index is 1170. The number of fused-ring (bicyclic) bond motifs is 1. The van der Waals surface area contributed by atoms with Crippen LogP contribution in [0.1, 0.15) is 5.69 Å². The molecule has 34 heavy (non-hydrogen) atoms. The standard InChI is InChI=1S/C16H14ClN7O5S4.ClH/c1-29-23-7(6-10(17)33-15(18)21-6)11(25)20-8-12(26)24-9(14(27)28)5(2-30-13(8)24)3-31-16-22-19-4-32-16;/h4,8,13H,2-3H2,1H3,(H2,18,21)(H,20,25)(H,27,28);1H/t8?,13-;/m0./s1. The Morgan fingerprint density at radius 3 is 2.85 bits per heavy atom. The summed E-state index contributed by atoms with van der Waals surface area (Å²) in [5, 5.41) is 23.2. The topological polar surface area (TPSA) is 173 Å². The van der Waals surface area contributed by atoms with Crippen molar-refractivity contribution in [3.63, 3.8) is 0 Å². The SMILES string of the molecule is CON=C(C(=O)NC1C(=O)N2C(C(=O)O)=C(CSc3nncs3)CS[C@@H]12)c1nc(N)sc1Cl.Cl. The number of carbonyl (C=O) groups excluding carboxylic acids is 2. The highest BCUT2D eigenvalue weighted by Crippen LogP contribution is 2.41. The molecule has 1 unspecified atom stereocenters. The lowest BCUT2D eigenvalue weighted by molar-refractivity contribution is -0.150. The van der Waals surface area contributed by atoms with Crippen molar-refractivity contribution in [1.82, 2.24) is 25.4 Å². The summed E-state index contributed by atoms with van der Waals surface area (Å²) in [6.45, 7) is 0. The van der Waals surface area contributed by atoms with Crippen molar-refractivity contribution in [3.05, 3.63) is 26.8 Å². The molecule has 2 aromatic rings. The number of hydrogen-bond donors (Lipinski definition) is 3. The molecule has 182 valence electrons. The summed E-state index contributed by atoms with van der Waals surface area (Å²) in [4.78, 5) is 47.6. The molecule has 2 aromatic heterocycles. The molecule has 2 amide bonds. The Morgan fingerprint density at radius 2 is 2.26 bits per heavy atom. The molecule has 4 heterocycles. The van der Waals surface area contributed by atoms with Gasteiger partial charge in [0.05, 0.1) is 0 Å². The van der Waals surface area contributed by atoms with Crippen LogP contribution in [0.2, 0.25) is 4.34 Å². The minimum Gasteiger partial charge on any atom is -0.477 e. The Kier molecular flexibility index (Phi) is 8.64. The summed E-state index contributed by atoms with van der Waals surface area (Å²) in [5.41, 5.74) is 7.52. The van der Waals surface area contributed by atoms with Gasteiger partial charge in [0, 0.05) is 11.5 Å². The first-order valence-corrected chi connectivity index (χ1v) is 13.1. The summed E-state index contributed by atoms with van der Waals surface area (Å²) < 4.78 is 0.839. The number of thiazole rings is 1. The zero-order valence-corrected chi connectivity index (χ0v) is 21.8. The van der Waals surface area contributed by atoms with Gasteiger partial charge in [-0.3, -0.25) is 14.5 Å². The number of amides is 2. The Balaban J connectivity index is 0.00000324. The Morgan fingerprint density at radius 1 is 1.50 bits per heavy atom. The summed E-state index contributed by atoms with van der Waals surface area (Å²) in [6.07, 6.45) is 0. The molecule has 1 fully saturated rings. The highest BCUT2D eigenvalue weighted by atomic mass is 35.5. The summed E-state index contributed by atoms with van der Waals surface area (Å²) in [7, 11) is 1.25. The van der Waals surface area contributed by atoms with Crippen LogP contribution < -0.4 is 11.1 Å². The molecule has 4 N–H and O–H groups in total. The fraction of sp³-hybridized carbons (Fsp3) is 0.312. The number of rotatable bonds is 8. The van der Waals surface area contributed by atoms with E-state index >= 15 is 0 Å². The summed E-state index contributed by atoms with van der Waals surface area (Å²) in [5.74, 6) is -1.77. The smallest absolute Gasteiger partial charge is 0.352 e. The van der Waals surface area contributed by atoms with E-state index in [4.69, 9.17) is 22.2 Å². The van der Waals surface area contributed by atoms with Crippen molar-refractivity contribution in [2.24, 2.45) is 5.16 Å². The van der Waals surface area contributed by atoms with E-state index in [-0.39, 0.29) is 39.0 Å². The number of carboxylic acid groups (broad SMARTS) is 1. The van der Waals surface area contributed by atoms with E-state index in [1.165, 1.54) is 46.9 Å². The van der Waals surface area contributed by atoms with Gasteiger partial charge in [-0.25, -0.2) is 9.78 Å². The average Bonchev–Trinajstić information content (AvgIpc) is 3.42. The van der Waals surface area contributed by atoms with Gasteiger partial charge in [0.2, 0.25) is 0 Å². The van der Waals surface area contributed by atoms with Crippen molar-refractivity contribution in [1.29, 1.82) is 0 Å². The molecule has 4 rings (SSSR count). The van der Waals surface area contributed by atoms with Crippen LogP contribution >= 0.6 is 70.2 Å². The van der Waals surface area contributed by atoms with Gasteiger partial charge in [0.15, 0.2) is 15.2 Å². The van der Waals surface area contributed by atoms with Crippen LogP contribution in [0.25, 0.3) is 0 Å². The molecular formula is C16H15Cl2N7O5S4. The number of aromatic nitrogens is 3. The zero-order chi connectivity index (χ0) is 23.7. The van der Waals surface area contributed by atoms with E-state index < -0.39 is 29.2 Å². The van der Waals surface area contributed by atoms with Crippen molar-refractivity contribution in [3.8, 4) is 0 Å². The van der Waals surface area contributed by atoms with Gasteiger partial charge in [-0.1, -0.05) is 51.2 Å². The second kappa shape index (κ2) is 11.1. The third kappa shape index (κ3) is 5.11. The monoisotopic (exact) mass is 583 g/mol. The second-order valence-corrected chi connectivity index (χ2v) is 11.2. The fourth-order valence-corrected chi connectivity index (χ4v) is 7.03. The number of β-lactam (4-membered cyclic amide) rings is 1. The third-order valence-electron chi connectivity index (χ3n) is 4.47. The normalized spacial score (nSPS) is 19.8. The highest BCUT2D eigenvalue weighted by molar-refractivity contribution is 8.01. The van der Waals surface area contributed by atoms with Gasteiger partial charge >= 0.3 is 5.97 Å². The number of thioether (sulfide) groups is 2. The Hall–Kier alpha value is -2.11. The van der Waals surface area contributed by atoms with Crippen molar-refractivity contribution in [2.75, 3.05) is 24.3 Å². The molecule has 2 aliphatic heterocycles. The summed E-state index contributed by atoms with van der Waals surface area (Å²) >= 11 is 11.1. The number of hydrogen-bond acceptors (Lipinski definition) is 13. The maximum atomic E-state index is 12.9. The van der Waals surface area contributed by atoms with E-state index in [1.54, 1.807) is 5.51 Å². The number of nitrogens with one attached hydrogen (secondary N) is 1. The first-order chi connectivity index (χ1) is 15.8. The van der Waals surface area contributed by atoms with E-state index in [0.29, 0.717) is 21.4 Å². The highest BCUT2D eigenvalue weighted by Gasteiger charge is 2.54. The number of aliphatic carboxylic acids is 1. The van der Waals surface area contributed by atoms with Crippen LogP contribution in [0.5, 0.6) is 0 Å². The first kappa shape index (κ1) is 26.5. The lowest BCUT2D eigenvalue weighted by atomic mass is 10.0. The van der Waals surface area contributed by atoms with Crippen LogP contribution in [-0.2, 0) is 19.2 Å². The van der Waals surface area contributed by atoms with Gasteiger partial charge in [0.1, 0.15) is 39.8 Å². The maximum Gasteiger partial charge on any atom is 0.352 e. The van der Waals surface area contributed by atoms with Crippen LogP contribution in [0.4, 0.5) is 5.13 Å². The van der Waals surface area contributed by atoms with Gasteiger partial charge in [-0.15, -0.1) is 34.4 Å².